The zero-order valence-electron chi connectivity index (χ0n) is 25.4. The molecule has 3 amide bonds. The number of allylic oxidation sites excluding steroid dienone is 2. The number of fused-ring (bicyclic) bond motifs is 3. The summed E-state index contributed by atoms with van der Waals surface area (Å²) in [6.45, 7) is 2.11. The van der Waals surface area contributed by atoms with Crippen LogP contribution >= 0.6 is 0 Å². The molecular formula is C32H40FN3O8S. The predicted octanol–water partition coefficient (Wildman–Crippen LogP) is 3.91. The molecule has 45 heavy (non-hydrogen) atoms. The Morgan fingerprint density at radius 1 is 1.07 bits per heavy atom. The highest BCUT2D eigenvalue weighted by Gasteiger charge is 2.61. The minimum atomic E-state index is -4.33. The lowest BCUT2D eigenvalue weighted by Crippen LogP contribution is -2.45. The SMILES string of the molecule is C[C@H]1CCCCC/C=C\[C@H]2C[C@@]2(C(=O)NS(=O)(=O)OC2CC2)CC(=O)[C@@H]2C[C@@H](OC(=O)N3Cc4cccc(F)c4C3)CN2C1=O. The number of ketones is 1. The maximum absolute atomic E-state index is 14.3. The molecule has 1 aromatic rings. The molecule has 0 spiro atoms. The highest BCUT2D eigenvalue weighted by molar-refractivity contribution is 7.85. The van der Waals surface area contributed by atoms with Gasteiger partial charge in [0.15, 0.2) is 5.78 Å². The zero-order valence-corrected chi connectivity index (χ0v) is 26.2. The molecule has 6 rings (SSSR count). The molecule has 5 atom stereocenters. The fourth-order valence-electron chi connectivity index (χ4n) is 6.86. The van der Waals surface area contributed by atoms with Gasteiger partial charge in [-0.05, 0) is 56.1 Å². The van der Waals surface area contributed by atoms with Crippen LogP contribution in [0, 0.1) is 23.1 Å². The van der Waals surface area contributed by atoms with E-state index in [1.807, 2.05) is 23.8 Å². The molecular weight excluding hydrogens is 605 g/mol. The molecule has 11 nitrogen and oxygen atoms in total. The number of ether oxygens (including phenoxy) is 1. The van der Waals surface area contributed by atoms with Crippen LogP contribution in [0.2, 0.25) is 0 Å². The molecule has 244 valence electrons. The van der Waals surface area contributed by atoms with Gasteiger partial charge >= 0.3 is 16.4 Å². The maximum atomic E-state index is 14.3. The summed E-state index contributed by atoms with van der Waals surface area (Å²) in [6.07, 6.45) is 7.36. The first-order chi connectivity index (χ1) is 21.5. The lowest BCUT2D eigenvalue weighted by Gasteiger charge is -2.27. The van der Waals surface area contributed by atoms with Crippen LogP contribution < -0.4 is 4.72 Å². The van der Waals surface area contributed by atoms with Crippen molar-refractivity contribution in [3.63, 3.8) is 0 Å². The van der Waals surface area contributed by atoms with Gasteiger partial charge in [-0.15, -0.1) is 0 Å². The van der Waals surface area contributed by atoms with E-state index in [1.54, 1.807) is 12.1 Å². The summed E-state index contributed by atoms with van der Waals surface area (Å²) in [6, 6.07) is 3.75. The van der Waals surface area contributed by atoms with E-state index in [1.165, 1.54) is 15.9 Å². The number of hydrogen-bond acceptors (Lipinski definition) is 8. The summed E-state index contributed by atoms with van der Waals surface area (Å²) in [7, 11) is -4.33. The van der Waals surface area contributed by atoms with Gasteiger partial charge in [-0.2, -0.15) is 8.42 Å². The van der Waals surface area contributed by atoms with E-state index < -0.39 is 51.8 Å². The smallest absolute Gasteiger partial charge is 0.410 e. The molecule has 0 unspecified atom stereocenters. The summed E-state index contributed by atoms with van der Waals surface area (Å²) in [4.78, 5) is 57.1. The Hall–Kier alpha value is -3.32. The summed E-state index contributed by atoms with van der Waals surface area (Å²) in [5.74, 6) is -2.48. The number of carbonyl (C=O) groups is 4. The van der Waals surface area contributed by atoms with Gasteiger partial charge in [-0.1, -0.05) is 44.1 Å². The molecule has 3 heterocycles. The van der Waals surface area contributed by atoms with Gasteiger partial charge in [0.05, 0.1) is 30.7 Å². The second-order valence-corrected chi connectivity index (χ2v) is 14.5. The van der Waals surface area contributed by atoms with Crippen LogP contribution in [0.25, 0.3) is 0 Å². The van der Waals surface area contributed by atoms with Gasteiger partial charge in [-0.25, -0.2) is 13.9 Å². The molecule has 0 bridgehead atoms. The molecule has 2 aliphatic carbocycles. The van der Waals surface area contributed by atoms with Crippen LogP contribution in [0.15, 0.2) is 30.4 Å². The van der Waals surface area contributed by atoms with E-state index in [9.17, 15) is 32.0 Å². The molecule has 0 aromatic heterocycles. The standard InChI is InChI=1S/C32H40FN3O8S/c1-20-8-5-3-2-4-6-10-22-15-32(22,30(39)34-45(41,42)44-23-12-13-23)16-28(37)27-14-24(18-36(27)29(20)38)43-31(40)35-17-21-9-7-11-26(33)25(21)19-35/h6-7,9-11,20,22-24,27H,2-5,8,12-19H2,1H3,(H,34,39)/b10-6-/t20-,22-,24+,27-,32+/m0/s1. The topological polar surface area (TPSA) is 139 Å². The Labute approximate surface area is 262 Å². The number of rotatable bonds is 5. The van der Waals surface area contributed by atoms with E-state index >= 15 is 0 Å². The number of carbonyl (C=O) groups excluding carboxylic acids is 4. The molecule has 0 radical (unpaired) electrons. The van der Waals surface area contributed by atoms with Crippen molar-refractivity contribution in [1.82, 2.24) is 14.5 Å². The predicted molar refractivity (Wildman–Crippen MR) is 159 cm³/mol. The molecule has 1 saturated heterocycles. The summed E-state index contributed by atoms with van der Waals surface area (Å²) < 4.78 is 52.1. The second-order valence-electron chi connectivity index (χ2n) is 13.2. The van der Waals surface area contributed by atoms with Gasteiger partial charge in [0.1, 0.15) is 11.9 Å². The number of nitrogens with one attached hydrogen (secondary N) is 1. The van der Waals surface area contributed by atoms with E-state index in [-0.39, 0.29) is 56.0 Å². The van der Waals surface area contributed by atoms with Crippen LogP contribution in [0.3, 0.4) is 0 Å². The number of Topliss-reactive ketones (excluding diaryl/α,β-unsaturated/α-hetero) is 1. The monoisotopic (exact) mass is 645 g/mol. The van der Waals surface area contributed by atoms with Gasteiger partial charge < -0.3 is 9.64 Å². The highest BCUT2D eigenvalue weighted by Crippen LogP contribution is 2.57. The third-order valence-electron chi connectivity index (χ3n) is 9.75. The van der Waals surface area contributed by atoms with Crippen molar-refractivity contribution in [3.05, 3.63) is 47.3 Å². The molecule has 3 aliphatic heterocycles. The highest BCUT2D eigenvalue weighted by atomic mass is 32.2. The molecule has 3 fully saturated rings. The Morgan fingerprint density at radius 3 is 2.62 bits per heavy atom. The molecule has 2 saturated carbocycles. The number of hydrogen-bond donors (Lipinski definition) is 1. The number of benzene rings is 1. The van der Waals surface area contributed by atoms with Gasteiger partial charge in [0.2, 0.25) is 11.8 Å². The van der Waals surface area contributed by atoms with Crippen LogP contribution in [-0.4, -0.2) is 66.7 Å². The minimum absolute atomic E-state index is 0.0204. The first kappa shape index (κ1) is 31.7. The van der Waals surface area contributed by atoms with E-state index in [0.29, 0.717) is 36.8 Å². The summed E-state index contributed by atoms with van der Waals surface area (Å²) >= 11 is 0. The molecule has 1 N–H and O–H groups in total. The number of halogens is 1. The largest absolute Gasteiger partial charge is 0.444 e. The van der Waals surface area contributed by atoms with Crippen LogP contribution in [0.5, 0.6) is 0 Å². The van der Waals surface area contributed by atoms with Crippen molar-refractivity contribution in [1.29, 1.82) is 0 Å². The maximum Gasteiger partial charge on any atom is 0.410 e. The van der Waals surface area contributed by atoms with Crippen molar-refractivity contribution in [2.75, 3.05) is 6.54 Å². The van der Waals surface area contributed by atoms with Crippen molar-refractivity contribution >= 4 is 34.0 Å². The fourth-order valence-corrected chi connectivity index (χ4v) is 7.89. The normalized spacial score (nSPS) is 31.2. The van der Waals surface area contributed by atoms with Gasteiger partial charge in [0.25, 0.3) is 0 Å². The second kappa shape index (κ2) is 12.5. The first-order valence-corrected chi connectivity index (χ1v) is 17.3. The number of amides is 3. The number of nitrogens with zero attached hydrogens (tertiary/aromatic N) is 2. The van der Waals surface area contributed by atoms with Crippen LogP contribution in [0.1, 0.15) is 82.3 Å². The Morgan fingerprint density at radius 2 is 1.87 bits per heavy atom. The average molecular weight is 646 g/mol. The lowest BCUT2D eigenvalue weighted by molar-refractivity contribution is -0.141. The fraction of sp³-hybridized carbons (Fsp3) is 0.625. The Kier molecular flexibility index (Phi) is 8.77. The Balaban J connectivity index is 1.19. The van der Waals surface area contributed by atoms with Gasteiger partial charge in [0, 0.05) is 30.9 Å². The third kappa shape index (κ3) is 6.94. The van der Waals surface area contributed by atoms with Gasteiger partial charge in [-0.3, -0.25) is 23.5 Å². The van der Waals surface area contributed by atoms with Crippen molar-refractivity contribution < 1.29 is 40.9 Å². The van der Waals surface area contributed by atoms with E-state index in [4.69, 9.17) is 8.92 Å². The first-order valence-electron chi connectivity index (χ1n) is 15.9. The van der Waals surface area contributed by atoms with Crippen molar-refractivity contribution in [3.8, 4) is 0 Å². The summed E-state index contributed by atoms with van der Waals surface area (Å²) in [5.41, 5.74) is -0.144. The summed E-state index contributed by atoms with van der Waals surface area (Å²) in [5, 5.41) is 0. The van der Waals surface area contributed by atoms with Crippen LogP contribution in [0.4, 0.5) is 9.18 Å². The average Bonchev–Trinajstić information content (AvgIpc) is 3.82. The molecule has 5 aliphatic rings. The third-order valence-corrected chi connectivity index (χ3v) is 10.7. The molecule has 13 heteroatoms. The lowest BCUT2D eigenvalue weighted by atomic mass is 9.91. The minimum Gasteiger partial charge on any atom is -0.444 e. The molecule has 1 aromatic carbocycles. The Bertz CT molecular complexity index is 1510. The zero-order chi connectivity index (χ0) is 31.9. The van der Waals surface area contributed by atoms with Crippen molar-refractivity contribution in [2.24, 2.45) is 17.3 Å². The van der Waals surface area contributed by atoms with Crippen LogP contribution in [-0.2, 0) is 46.7 Å². The van der Waals surface area contributed by atoms with E-state index in [2.05, 4.69) is 0 Å². The van der Waals surface area contributed by atoms with E-state index in [0.717, 1.165) is 25.7 Å². The quantitative estimate of drug-likeness (QED) is 0.476. The van der Waals surface area contributed by atoms with Crippen molar-refractivity contribution in [2.45, 2.75) is 102 Å².